The van der Waals surface area contributed by atoms with Gasteiger partial charge in [0.15, 0.2) is 5.78 Å². The van der Waals surface area contributed by atoms with Gasteiger partial charge in [0.2, 0.25) is 0 Å². The number of hydrogen-bond donors (Lipinski definition) is 2. The summed E-state index contributed by atoms with van der Waals surface area (Å²) in [6.07, 6.45) is 12.2. The minimum Gasteiger partial charge on any atom is -0.389 e. The van der Waals surface area contributed by atoms with Gasteiger partial charge in [-0.05, 0) is 109 Å². The maximum Gasteiger partial charge on any atom is 0.155 e. The molecule has 0 saturated heterocycles. The van der Waals surface area contributed by atoms with Crippen LogP contribution in [-0.4, -0.2) is 27.9 Å². The average molecular weight is 459 g/mol. The second kappa shape index (κ2) is 8.91. The van der Waals surface area contributed by atoms with Crippen molar-refractivity contribution in [1.82, 2.24) is 0 Å². The molecule has 0 amide bonds. The molecule has 2 N–H and O–H groups in total. The Labute approximate surface area is 200 Å². The number of ketones is 1. The number of fused-ring (bicyclic) bond motifs is 5. The maximum absolute atomic E-state index is 12.1. The van der Waals surface area contributed by atoms with Gasteiger partial charge in [-0.25, -0.2) is 4.89 Å². The van der Waals surface area contributed by atoms with Crippen LogP contribution in [0.4, 0.5) is 0 Å². The first-order valence-electron chi connectivity index (χ1n) is 13.4. The smallest absolute Gasteiger partial charge is 0.155 e. The van der Waals surface area contributed by atoms with Crippen molar-refractivity contribution >= 4 is 5.78 Å². The molecule has 4 rings (SSSR count). The van der Waals surface area contributed by atoms with Crippen LogP contribution in [-0.2, 0) is 9.68 Å². The van der Waals surface area contributed by atoms with Gasteiger partial charge in [0.25, 0.3) is 0 Å². The van der Waals surface area contributed by atoms with Gasteiger partial charge in [-0.2, -0.15) is 0 Å². The Kier molecular flexibility index (Phi) is 6.79. The first-order chi connectivity index (χ1) is 15.5. The topological polar surface area (TPSA) is 66.8 Å². The maximum atomic E-state index is 12.1. The lowest BCUT2D eigenvalue weighted by Gasteiger charge is -2.59. The van der Waals surface area contributed by atoms with Crippen LogP contribution in [0.5, 0.6) is 0 Å². The molecule has 5 unspecified atom stereocenters. The van der Waals surface area contributed by atoms with E-state index >= 15 is 0 Å². The van der Waals surface area contributed by atoms with E-state index in [9.17, 15) is 15.2 Å². The van der Waals surface area contributed by atoms with Crippen LogP contribution in [0.15, 0.2) is 24.3 Å². The van der Waals surface area contributed by atoms with Gasteiger partial charge in [-0.15, -0.1) is 6.58 Å². The highest BCUT2D eigenvalue weighted by molar-refractivity contribution is 5.91. The Morgan fingerprint density at radius 1 is 1.21 bits per heavy atom. The summed E-state index contributed by atoms with van der Waals surface area (Å²) in [5.74, 6) is 3.36. The molecule has 0 radical (unpaired) electrons. The molecule has 186 valence electrons. The van der Waals surface area contributed by atoms with Gasteiger partial charge < -0.3 is 5.11 Å². The van der Waals surface area contributed by atoms with Crippen molar-refractivity contribution in [3.63, 3.8) is 0 Å². The molecule has 4 aliphatic carbocycles. The van der Waals surface area contributed by atoms with Crippen molar-refractivity contribution in [2.45, 2.75) is 104 Å². The van der Waals surface area contributed by atoms with E-state index in [0.717, 1.165) is 31.3 Å². The Bertz CT molecular complexity index is 801. The third-order valence-corrected chi connectivity index (χ3v) is 11.2. The van der Waals surface area contributed by atoms with Crippen molar-refractivity contribution < 1.29 is 20.0 Å². The summed E-state index contributed by atoms with van der Waals surface area (Å²) in [4.78, 5) is 17.1. The van der Waals surface area contributed by atoms with Crippen molar-refractivity contribution in [3.05, 3.63) is 24.3 Å². The van der Waals surface area contributed by atoms with Crippen LogP contribution in [0.1, 0.15) is 92.4 Å². The lowest BCUT2D eigenvalue weighted by Crippen LogP contribution is -2.54. The van der Waals surface area contributed by atoms with Crippen molar-refractivity contribution in [3.8, 4) is 0 Å². The van der Waals surface area contributed by atoms with Crippen molar-refractivity contribution in [1.29, 1.82) is 0 Å². The van der Waals surface area contributed by atoms with Gasteiger partial charge in [-0.1, -0.05) is 40.7 Å². The molecule has 0 aromatic carbocycles. The summed E-state index contributed by atoms with van der Waals surface area (Å²) in [5, 5.41) is 20.8. The Balaban J connectivity index is 1.52. The van der Waals surface area contributed by atoms with Crippen molar-refractivity contribution in [2.24, 2.45) is 46.3 Å². The molecule has 4 heteroatoms. The molecule has 4 aliphatic rings. The highest BCUT2D eigenvalue weighted by atomic mass is 17.1. The van der Waals surface area contributed by atoms with E-state index in [-0.39, 0.29) is 17.1 Å². The molecule has 0 spiro atoms. The van der Waals surface area contributed by atoms with Crippen molar-refractivity contribution in [2.75, 3.05) is 0 Å². The summed E-state index contributed by atoms with van der Waals surface area (Å²) in [5.41, 5.74) is 0.649. The molecule has 4 nitrogen and oxygen atoms in total. The van der Waals surface area contributed by atoms with E-state index in [1.807, 2.05) is 0 Å². The zero-order chi connectivity index (χ0) is 24.2. The van der Waals surface area contributed by atoms with E-state index in [4.69, 9.17) is 4.89 Å². The fourth-order valence-corrected chi connectivity index (χ4v) is 9.05. The fourth-order valence-electron chi connectivity index (χ4n) is 9.05. The SMILES string of the molecule is C=CC(CC[C@@H](C)C1CCC2C3C[C@@H](O)C4=CC(=O)CC[C@]4(C)C3CC[C@@]21C)(OO)C(C)C. The molecule has 0 bridgehead atoms. The summed E-state index contributed by atoms with van der Waals surface area (Å²) in [7, 11) is 0. The second-order valence-electron chi connectivity index (χ2n) is 12.8. The lowest BCUT2D eigenvalue weighted by molar-refractivity contribution is -0.321. The average Bonchev–Trinajstić information content (AvgIpc) is 3.13. The van der Waals surface area contributed by atoms with E-state index < -0.39 is 11.7 Å². The van der Waals surface area contributed by atoms with Gasteiger partial charge >= 0.3 is 0 Å². The highest BCUT2D eigenvalue weighted by Crippen LogP contribution is 2.67. The molecule has 0 heterocycles. The number of hydrogen-bond acceptors (Lipinski definition) is 4. The Hall–Kier alpha value is -0.970. The van der Waals surface area contributed by atoms with Crippen LogP contribution in [0.25, 0.3) is 0 Å². The predicted octanol–water partition coefficient (Wildman–Crippen LogP) is 6.59. The van der Waals surface area contributed by atoms with E-state index in [1.165, 1.54) is 25.7 Å². The Morgan fingerprint density at radius 3 is 2.58 bits per heavy atom. The molecular weight excluding hydrogens is 412 g/mol. The summed E-state index contributed by atoms with van der Waals surface area (Å²) >= 11 is 0. The van der Waals surface area contributed by atoms with Gasteiger partial charge in [-0.3, -0.25) is 10.1 Å². The number of carbonyl (C=O) groups excluding carboxylic acids is 1. The fraction of sp³-hybridized carbons (Fsp3) is 0.828. The molecule has 0 aliphatic heterocycles. The summed E-state index contributed by atoms with van der Waals surface area (Å²) in [6, 6.07) is 0. The molecule has 33 heavy (non-hydrogen) atoms. The highest BCUT2D eigenvalue weighted by Gasteiger charge is 2.61. The van der Waals surface area contributed by atoms with E-state index in [1.54, 1.807) is 12.2 Å². The van der Waals surface area contributed by atoms with E-state index in [0.29, 0.717) is 41.4 Å². The molecular formula is C29H46O4. The first kappa shape index (κ1) is 25.1. The monoisotopic (exact) mass is 458 g/mol. The zero-order valence-corrected chi connectivity index (χ0v) is 21.5. The Morgan fingerprint density at radius 2 is 1.94 bits per heavy atom. The molecule has 0 aromatic rings. The van der Waals surface area contributed by atoms with Crippen LogP contribution in [0.3, 0.4) is 0 Å². The van der Waals surface area contributed by atoms with Gasteiger partial charge in [0.05, 0.1) is 6.10 Å². The van der Waals surface area contributed by atoms with Crippen LogP contribution in [0, 0.1) is 46.3 Å². The third-order valence-electron chi connectivity index (χ3n) is 11.2. The molecule has 0 aromatic heterocycles. The zero-order valence-electron chi connectivity index (χ0n) is 21.5. The number of rotatable bonds is 7. The number of carbonyl (C=O) groups is 1. The summed E-state index contributed by atoms with van der Waals surface area (Å²) < 4.78 is 0. The molecule has 3 saturated carbocycles. The normalized spacial score (nSPS) is 43.2. The first-order valence-corrected chi connectivity index (χ1v) is 13.4. The quantitative estimate of drug-likeness (QED) is 0.256. The van der Waals surface area contributed by atoms with Crippen LogP contribution in [0.2, 0.25) is 0 Å². The van der Waals surface area contributed by atoms with Crippen LogP contribution >= 0.6 is 0 Å². The van der Waals surface area contributed by atoms with Crippen LogP contribution < -0.4 is 0 Å². The standard InChI is InChI=1S/C29H46O4/c1-7-29(33-32,18(2)3)15-10-19(4)22-8-9-23-21-17-26(31)25-16-20(30)11-13-28(25,6)24(21)12-14-27(22,23)5/h7,16,18-19,21-24,26,31-32H,1,8-15,17H2,2-6H3/t19-,21?,22?,23?,24?,26-,27-,28-,29?/m1/s1. The minimum absolute atomic E-state index is 0.0133. The molecule has 3 fully saturated rings. The lowest BCUT2D eigenvalue weighted by atomic mass is 9.46. The summed E-state index contributed by atoms with van der Waals surface area (Å²) in [6.45, 7) is 15.3. The second-order valence-corrected chi connectivity index (χ2v) is 12.8. The van der Waals surface area contributed by atoms with Gasteiger partial charge in [0, 0.05) is 6.42 Å². The number of aliphatic hydroxyl groups is 1. The third kappa shape index (κ3) is 3.89. The molecule has 9 atom stereocenters. The predicted molar refractivity (Wildman–Crippen MR) is 131 cm³/mol. The van der Waals surface area contributed by atoms with Gasteiger partial charge in [0.1, 0.15) is 5.60 Å². The number of aliphatic hydroxyl groups excluding tert-OH is 1. The minimum atomic E-state index is -0.673. The largest absolute Gasteiger partial charge is 0.389 e. The van der Waals surface area contributed by atoms with E-state index in [2.05, 4.69) is 41.2 Å².